The van der Waals surface area contributed by atoms with Crippen molar-refractivity contribution < 1.29 is 50.0 Å². The molecule has 11 heteroatoms. The third-order valence-corrected chi connectivity index (χ3v) is 19.0. The lowest BCUT2D eigenvalue weighted by atomic mass is 9.98. The van der Waals surface area contributed by atoms with Crippen LogP contribution in [-0.2, 0) is 14.3 Å². The Balaban J connectivity index is 2.16. The van der Waals surface area contributed by atoms with Crippen molar-refractivity contribution in [2.24, 2.45) is 0 Å². The fourth-order valence-electron chi connectivity index (χ4n) is 12.8. The Morgan fingerprint density at radius 3 is 0.977 bits per heavy atom. The molecule has 1 saturated heterocycles. The van der Waals surface area contributed by atoms with Gasteiger partial charge in [0.05, 0.1) is 25.4 Å². The Bertz CT molecular complexity index is 1480. The summed E-state index contributed by atoms with van der Waals surface area (Å²) in [5.41, 5.74) is 0. The van der Waals surface area contributed by atoms with Gasteiger partial charge in [-0.15, -0.1) is 0 Å². The molecule has 0 bridgehead atoms. The van der Waals surface area contributed by atoms with E-state index in [-0.39, 0.29) is 12.8 Å². The number of hydrogen-bond donors (Lipinski definition) is 8. The Labute approximate surface area is 544 Å². The molecule has 9 atom stereocenters. The summed E-state index contributed by atoms with van der Waals surface area (Å²) in [6.07, 6.45) is 72.9. The fraction of sp³-hybridized carbons (Fsp3) is 0.935. The van der Waals surface area contributed by atoms with Crippen LogP contribution in [-0.4, -0.2) is 110 Å². The molecule has 522 valence electrons. The number of ether oxygens (including phenoxy) is 2. The molecule has 0 aromatic heterocycles. The predicted molar refractivity (Wildman–Crippen MR) is 372 cm³/mol. The van der Waals surface area contributed by atoms with Gasteiger partial charge in [-0.3, -0.25) is 4.79 Å². The molecule has 1 fully saturated rings. The lowest BCUT2D eigenvalue weighted by Gasteiger charge is -2.40. The third-order valence-electron chi connectivity index (χ3n) is 19.0. The zero-order valence-electron chi connectivity index (χ0n) is 58.0. The summed E-state index contributed by atoms with van der Waals surface area (Å²) < 4.78 is 11.2. The monoisotopic (exact) mass is 1250 g/mol. The third kappa shape index (κ3) is 52.0. The fourth-order valence-corrected chi connectivity index (χ4v) is 12.8. The molecule has 1 rings (SSSR count). The number of aliphatic hydroxyl groups is 7. The Morgan fingerprint density at radius 1 is 0.386 bits per heavy atom. The summed E-state index contributed by atoms with van der Waals surface area (Å²) in [5.74, 6) is -0.699. The second kappa shape index (κ2) is 65.6. The number of amides is 1. The highest BCUT2D eigenvalue weighted by molar-refractivity contribution is 5.80. The van der Waals surface area contributed by atoms with Gasteiger partial charge in [-0.25, -0.2) is 0 Å². The van der Waals surface area contributed by atoms with E-state index < -0.39 is 74.2 Å². The molecule has 0 radical (unpaired) electrons. The summed E-state index contributed by atoms with van der Waals surface area (Å²) in [6, 6.07) is -1.19. The van der Waals surface area contributed by atoms with E-state index in [1.165, 1.54) is 315 Å². The van der Waals surface area contributed by atoms with Crippen LogP contribution in [0.1, 0.15) is 393 Å². The van der Waals surface area contributed by atoms with Gasteiger partial charge < -0.3 is 50.5 Å². The average molecular weight is 1250 g/mol. The molecule has 0 aromatic carbocycles. The molecule has 1 amide bonds. The Morgan fingerprint density at radius 2 is 0.670 bits per heavy atom. The van der Waals surface area contributed by atoms with Gasteiger partial charge in [-0.05, 0) is 64.2 Å². The van der Waals surface area contributed by atoms with Crippen molar-refractivity contribution in [3.8, 4) is 0 Å². The van der Waals surface area contributed by atoms with E-state index in [1.54, 1.807) is 0 Å². The number of aliphatic hydroxyl groups excluding tert-OH is 7. The van der Waals surface area contributed by atoms with E-state index in [0.29, 0.717) is 12.8 Å². The van der Waals surface area contributed by atoms with Crippen molar-refractivity contribution in [2.75, 3.05) is 13.2 Å². The average Bonchev–Trinajstić information content (AvgIpc) is 3.73. The van der Waals surface area contributed by atoms with E-state index in [1.807, 2.05) is 0 Å². The van der Waals surface area contributed by atoms with Gasteiger partial charge in [0.2, 0.25) is 5.91 Å². The zero-order chi connectivity index (χ0) is 63.9. The molecule has 0 spiro atoms. The minimum Gasteiger partial charge on any atom is -0.394 e. The summed E-state index contributed by atoms with van der Waals surface area (Å²) in [5, 5.41) is 76.6. The first-order valence-electron chi connectivity index (χ1n) is 38.7. The summed E-state index contributed by atoms with van der Waals surface area (Å²) >= 11 is 0. The molecule has 1 aliphatic rings. The summed E-state index contributed by atoms with van der Waals surface area (Å²) in [6.45, 7) is 3.51. The summed E-state index contributed by atoms with van der Waals surface area (Å²) in [7, 11) is 0. The van der Waals surface area contributed by atoms with Gasteiger partial charge in [0.25, 0.3) is 0 Å². The molecule has 0 aromatic rings. The normalized spacial score (nSPS) is 18.7. The van der Waals surface area contributed by atoms with Gasteiger partial charge in [0.15, 0.2) is 6.29 Å². The summed E-state index contributed by atoms with van der Waals surface area (Å²) in [4.78, 5) is 13.3. The molecule has 0 saturated carbocycles. The van der Waals surface area contributed by atoms with Crippen LogP contribution >= 0.6 is 0 Å². The van der Waals surface area contributed by atoms with Crippen molar-refractivity contribution in [1.82, 2.24) is 5.32 Å². The van der Waals surface area contributed by atoms with Crippen LogP contribution in [0.25, 0.3) is 0 Å². The second-order valence-electron chi connectivity index (χ2n) is 27.4. The van der Waals surface area contributed by atoms with Gasteiger partial charge in [-0.1, -0.05) is 353 Å². The van der Waals surface area contributed by atoms with Crippen LogP contribution in [0.5, 0.6) is 0 Å². The second-order valence-corrected chi connectivity index (χ2v) is 27.4. The standard InChI is InChI=1S/C77H149NO10/c1-3-5-7-9-11-13-15-17-19-21-23-25-27-29-31-33-34-35-37-38-40-42-44-46-48-50-52-54-56-58-60-62-64-69(80)72(82)68(67-87-77-75(85)74(84)73(83)71(66-79)88-77)78-76(86)70(81)65-63-61-59-57-55-53-51-49-47-45-43-41-39-36-32-30-28-26-24-22-20-18-16-14-12-10-8-6-4-2/h30,32,56,58,68-75,77,79-85H,3-29,31,33-55,57,59-67H2,1-2H3,(H,78,86)/b32-30-,58-56+. The van der Waals surface area contributed by atoms with Crippen molar-refractivity contribution >= 4 is 5.91 Å². The maximum absolute atomic E-state index is 13.3. The highest BCUT2D eigenvalue weighted by Gasteiger charge is 2.44. The van der Waals surface area contributed by atoms with E-state index in [0.717, 1.165) is 38.5 Å². The number of carbonyl (C=O) groups excluding carboxylic acids is 1. The largest absolute Gasteiger partial charge is 0.394 e. The number of carbonyl (C=O) groups is 1. The molecule has 1 heterocycles. The lowest BCUT2D eigenvalue weighted by molar-refractivity contribution is -0.303. The minimum atomic E-state index is -1.67. The molecule has 88 heavy (non-hydrogen) atoms. The maximum Gasteiger partial charge on any atom is 0.249 e. The van der Waals surface area contributed by atoms with Gasteiger partial charge in [0, 0.05) is 0 Å². The first-order valence-corrected chi connectivity index (χ1v) is 38.7. The lowest BCUT2D eigenvalue weighted by Crippen LogP contribution is -2.60. The number of hydrogen-bond acceptors (Lipinski definition) is 10. The van der Waals surface area contributed by atoms with Crippen LogP contribution in [0.2, 0.25) is 0 Å². The van der Waals surface area contributed by atoms with E-state index >= 15 is 0 Å². The predicted octanol–water partition coefficient (Wildman–Crippen LogP) is 19.5. The molecular weight excluding hydrogens is 1100 g/mol. The van der Waals surface area contributed by atoms with E-state index in [4.69, 9.17) is 9.47 Å². The number of allylic oxidation sites excluding steroid dienone is 4. The zero-order valence-corrected chi connectivity index (χ0v) is 58.0. The van der Waals surface area contributed by atoms with Gasteiger partial charge >= 0.3 is 0 Å². The molecule has 11 nitrogen and oxygen atoms in total. The molecule has 1 aliphatic heterocycles. The number of unbranched alkanes of at least 4 members (excludes halogenated alkanes) is 53. The SMILES string of the molecule is CCCCCCCCCCCCCC/C=C\CCCCCCCCCCCCCCCC(O)C(=O)NC(COC1OC(CO)C(O)C(O)C1O)C(O)C(O)CCC/C=C/CCCCCCCCCCCCCCCCCCCCCCCCCCCCC. The van der Waals surface area contributed by atoms with Crippen molar-refractivity contribution in [3.05, 3.63) is 24.3 Å². The Kier molecular flexibility index (Phi) is 63.1. The highest BCUT2D eigenvalue weighted by Crippen LogP contribution is 2.24. The molecule has 8 N–H and O–H groups in total. The maximum atomic E-state index is 13.3. The van der Waals surface area contributed by atoms with Crippen LogP contribution in [0.4, 0.5) is 0 Å². The molecular formula is C77H149NO10. The molecule has 0 aliphatic carbocycles. The first kappa shape index (κ1) is 84.6. The van der Waals surface area contributed by atoms with Gasteiger partial charge in [0.1, 0.15) is 36.6 Å². The smallest absolute Gasteiger partial charge is 0.249 e. The molecule has 9 unspecified atom stereocenters. The van der Waals surface area contributed by atoms with Crippen LogP contribution in [0.15, 0.2) is 24.3 Å². The number of nitrogens with one attached hydrogen (secondary N) is 1. The van der Waals surface area contributed by atoms with E-state index in [2.05, 4.69) is 43.5 Å². The van der Waals surface area contributed by atoms with E-state index in [9.17, 15) is 40.5 Å². The van der Waals surface area contributed by atoms with Crippen LogP contribution < -0.4 is 5.32 Å². The highest BCUT2D eigenvalue weighted by atomic mass is 16.7. The van der Waals surface area contributed by atoms with Crippen molar-refractivity contribution in [3.63, 3.8) is 0 Å². The Hall–Kier alpha value is -1.41. The van der Waals surface area contributed by atoms with Gasteiger partial charge in [-0.2, -0.15) is 0 Å². The minimum absolute atomic E-state index is 0.257. The topological polar surface area (TPSA) is 189 Å². The quantitative estimate of drug-likeness (QED) is 0.0215. The number of rotatable bonds is 69. The van der Waals surface area contributed by atoms with Crippen LogP contribution in [0, 0.1) is 0 Å². The first-order chi connectivity index (χ1) is 43.2. The van der Waals surface area contributed by atoms with Crippen molar-refractivity contribution in [2.45, 2.75) is 448 Å². The van der Waals surface area contributed by atoms with Crippen molar-refractivity contribution in [1.29, 1.82) is 0 Å². The van der Waals surface area contributed by atoms with Crippen LogP contribution in [0.3, 0.4) is 0 Å².